The Hall–Kier alpha value is -1.18. The Kier molecular flexibility index (Phi) is 2.03. The van der Waals surface area contributed by atoms with E-state index in [1.807, 2.05) is 27.0 Å². The van der Waals surface area contributed by atoms with Crippen LogP contribution in [-0.2, 0) is 0 Å². The lowest BCUT2D eigenvalue weighted by Crippen LogP contribution is -1.91. The second-order valence-corrected chi connectivity index (χ2v) is 2.70. The molecule has 0 atom stereocenters. The lowest BCUT2D eigenvalue weighted by atomic mass is 10.1. The molecule has 0 bridgehead atoms. The summed E-state index contributed by atoms with van der Waals surface area (Å²) in [5, 5.41) is 12.3. The summed E-state index contributed by atoms with van der Waals surface area (Å²) in [6.07, 6.45) is 0. The van der Waals surface area contributed by atoms with Gasteiger partial charge in [0.25, 0.3) is 0 Å². The van der Waals surface area contributed by atoms with Crippen LogP contribution in [0, 0.1) is 13.8 Å². The van der Waals surface area contributed by atoms with Crippen molar-refractivity contribution in [2.24, 2.45) is 0 Å². The first-order valence-corrected chi connectivity index (χ1v) is 3.63. The SMILES string of the molecule is CNc1cc(O)c(C)cc1C. The van der Waals surface area contributed by atoms with Crippen molar-refractivity contribution < 1.29 is 5.11 Å². The van der Waals surface area contributed by atoms with Crippen LogP contribution in [-0.4, -0.2) is 12.2 Å². The molecule has 60 valence electrons. The van der Waals surface area contributed by atoms with E-state index >= 15 is 0 Å². The molecule has 1 rings (SSSR count). The molecule has 2 nitrogen and oxygen atoms in total. The van der Waals surface area contributed by atoms with E-state index in [2.05, 4.69) is 5.32 Å². The van der Waals surface area contributed by atoms with E-state index in [0.29, 0.717) is 5.75 Å². The summed E-state index contributed by atoms with van der Waals surface area (Å²) in [5.74, 6) is 0.347. The molecule has 1 aromatic carbocycles. The van der Waals surface area contributed by atoms with Crippen molar-refractivity contribution in [3.63, 3.8) is 0 Å². The molecule has 0 saturated heterocycles. The summed E-state index contributed by atoms with van der Waals surface area (Å²) in [5.41, 5.74) is 3.05. The normalized spacial score (nSPS) is 9.73. The smallest absolute Gasteiger partial charge is 0.120 e. The monoisotopic (exact) mass is 151 g/mol. The molecule has 0 aliphatic rings. The fraction of sp³-hybridized carbons (Fsp3) is 0.333. The third-order valence-electron chi connectivity index (χ3n) is 1.81. The van der Waals surface area contributed by atoms with Crippen molar-refractivity contribution in [1.82, 2.24) is 0 Å². The van der Waals surface area contributed by atoms with Crippen LogP contribution in [0.15, 0.2) is 12.1 Å². The highest BCUT2D eigenvalue weighted by atomic mass is 16.3. The number of rotatable bonds is 1. The molecule has 0 heterocycles. The van der Waals surface area contributed by atoms with E-state index in [1.54, 1.807) is 6.07 Å². The van der Waals surface area contributed by atoms with E-state index in [1.165, 1.54) is 0 Å². The van der Waals surface area contributed by atoms with Gasteiger partial charge in [0, 0.05) is 18.8 Å². The number of benzene rings is 1. The highest BCUT2D eigenvalue weighted by molar-refractivity contribution is 5.56. The van der Waals surface area contributed by atoms with Crippen molar-refractivity contribution in [3.05, 3.63) is 23.3 Å². The van der Waals surface area contributed by atoms with Gasteiger partial charge in [-0.3, -0.25) is 0 Å². The minimum absolute atomic E-state index is 0.347. The quantitative estimate of drug-likeness (QED) is 0.643. The highest BCUT2D eigenvalue weighted by Gasteiger charge is 2.00. The average Bonchev–Trinajstić information content (AvgIpc) is 1.97. The van der Waals surface area contributed by atoms with Crippen LogP contribution in [0.4, 0.5) is 5.69 Å². The van der Waals surface area contributed by atoms with Gasteiger partial charge in [0.1, 0.15) is 5.75 Å². The number of phenols is 1. The van der Waals surface area contributed by atoms with Gasteiger partial charge in [-0.1, -0.05) is 6.07 Å². The zero-order valence-electron chi connectivity index (χ0n) is 7.10. The molecule has 0 fully saturated rings. The van der Waals surface area contributed by atoms with Crippen molar-refractivity contribution in [2.75, 3.05) is 12.4 Å². The topological polar surface area (TPSA) is 32.3 Å². The molecule has 0 saturated carbocycles. The summed E-state index contributed by atoms with van der Waals surface area (Å²) >= 11 is 0. The van der Waals surface area contributed by atoms with Gasteiger partial charge in [0.05, 0.1) is 0 Å². The van der Waals surface area contributed by atoms with E-state index in [9.17, 15) is 5.11 Å². The van der Waals surface area contributed by atoms with E-state index in [4.69, 9.17) is 0 Å². The summed E-state index contributed by atoms with van der Waals surface area (Å²) in [6.45, 7) is 3.90. The van der Waals surface area contributed by atoms with Crippen molar-refractivity contribution >= 4 is 5.69 Å². The Balaban J connectivity index is 3.21. The Morgan fingerprint density at radius 3 is 2.36 bits per heavy atom. The zero-order chi connectivity index (χ0) is 8.43. The number of aromatic hydroxyl groups is 1. The minimum Gasteiger partial charge on any atom is -0.508 e. The summed E-state index contributed by atoms with van der Waals surface area (Å²) < 4.78 is 0. The van der Waals surface area contributed by atoms with Crippen molar-refractivity contribution in [1.29, 1.82) is 0 Å². The van der Waals surface area contributed by atoms with Crippen LogP contribution in [0.5, 0.6) is 5.75 Å². The first-order valence-electron chi connectivity index (χ1n) is 3.63. The Morgan fingerprint density at radius 1 is 1.18 bits per heavy atom. The second-order valence-electron chi connectivity index (χ2n) is 2.70. The van der Waals surface area contributed by atoms with E-state index in [0.717, 1.165) is 16.8 Å². The molecular weight excluding hydrogens is 138 g/mol. The van der Waals surface area contributed by atoms with Gasteiger partial charge < -0.3 is 10.4 Å². The van der Waals surface area contributed by atoms with Gasteiger partial charge in [-0.2, -0.15) is 0 Å². The van der Waals surface area contributed by atoms with Crippen molar-refractivity contribution in [3.8, 4) is 5.75 Å². The molecule has 2 N–H and O–H groups in total. The van der Waals surface area contributed by atoms with Crippen LogP contribution in [0.2, 0.25) is 0 Å². The van der Waals surface area contributed by atoms with Crippen LogP contribution in [0.3, 0.4) is 0 Å². The Labute approximate surface area is 66.9 Å². The maximum Gasteiger partial charge on any atom is 0.120 e. The van der Waals surface area contributed by atoms with Gasteiger partial charge in [-0.15, -0.1) is 0 Å². The van der Waals surface area contributed by atoms with Crippen LogP contribution < -0.4 is 5.32 Å². The molecule has 0 aromatic heterocycles. The number of aryl methyl sites for hydroxylation is 2. The van der Waals surface area contributed by atoms with Crippen molar-refractivity contribution in [2.45, 2.75) is 13.8 Å². The maximum atomic E-state index is 9.32. The Bertz CT molecular complexity index is 269. The standard InChI is InChI=1S/C9H13NO/c1-6-4-7(2)9(11)5-8(6)10-3/h4-5,10-11H,1-3H3. The Morgan fingerprint density at radius 2 is 1.82 bits per heavy atom. The van der Waals surface area contributed by atoms with E-state index in [-0.39, 0.29) is 0 Å². The number of nitrogens with one attached hydrogen (secondary N) is 1. The van der Waals surface area contributed by atoms with Crippen LogP contribution in [0.25, 0.3) is 0 Å². The molecule has 0 unspecified atom stereocenters. The van der Waals surface area contributed by atoms with Crippen LogP contribution in [0.1, 0.15) is 11.1 Å². The molecule has 2 heteroatoms. The predicted octanol–water partition coefficient (Wildman–Crippen LogP) is 2.05. The molecule has 1 aromatic rings. The first kappa shape index (κ1) is 7.92. The summed E-state index contributed by atoms with van der Waals surface area (Å²) in [6, 6.07) is 3.70. The third-order valence-corrected chi connectivity index (χ3v) is 1.81. The average molecular weight is 151 g/mol. The fourth-order valence-corrected chi connectivity index (χ4v) is 1.11. The summed E-state index contributed by atoms with van der Waals surface area (Å²) in [7, 11) is 1.84. The van der Waals surface area contributed by atoms with Gasteiger partial charge in [0.2, 0.25) is 0 Å². The lowest BCUT2D eigenvalue weighted by molar-refractivity contribution is 0.471. The molecule has 0 spiro atoms. The largest absolute Gasteiger partial charge is 0.508 e. The van der Waals surface area contributed by atoms with Crippen LogP contribution >= 0.6 is 0 Å². The second kappa shape index (κ2) is 2.82. The van der Waals surface area contributed by atoms with E-state index < -0.39 is 0 Å². The molecule has 0 aliphatic carbocycles. The maximum absolute atomic E-state index is 9.32. The zero-order valence-corrected chi connectivity index (χ0v) is 7.10. The predicted molar refractivity (Wildman–Crippen MR) is 47.1 cm³/mol. The fourth-order valence-electron chi connectivity index (χ4n) is 1.11. The molecular formula is C9H13NO. The molecule has 0 aliphatic heterocycles. The van der Waals surface area contributed by atoms with Gasteiger partial charge in [0.15, 0.2) is 0 Å². The molecule has 0 radical (unpaired) electrons. The highest BCUT2D eigenvalue weighted by Crippen LogP contribution is 2.24. The molecule has 11 heavy (non-hydrogen) atoms. The first-order chi connectivity index (χ1) is 5.15. The van der Waals surface area contributed by atoms with Gasteiger partial charge >= 0.3 is 0 Å². The van der Waals surface area contributed by atoms with Gasteiger partial charge in [-0.25, -0.2) is 0 Å². The number of hydrogen-bond donors (Lipinski definition) is 2. The molecule has 0 amide bonds. The minimum atomic E-state index is 0.347. The van der Waals surface area contributed by atoms with Gasteiger partial charge in [-0.05, 0) is 25.0 Å². The number of hydrogen-bond acceptors (Lipinski definition) is 2. The number of anilines is 1. The number of phenolic OH excluding ortho intramolecular Hbond substituents is 1. The third kappa shape index (κ3) is 1.45. The lowest BCUT2D eigenvalue weighted by Gasteiger charge is -2.07. The summed E-state index contributed by atoms with van der Waals surface area (Å²) in [4.78, 5) is 0.